The summed E-state index contributed by atoms with van der Waals surface area (Å²) >= 11 is 0. The first-order chi connectivity index (χ1) is 10.6. The summed E-state index contributed by atoms with van der Waals surface area (Å²) in [5.74, 6) is 4.78. The molecule has 6 unspecified atom stereocenters. The van der Waals surface area contributed by atoms with Crippen LogP contribution in [0, 0.1) is 73.7 Å². The first kappa shape index (κ1) is 20.6. The Hall–Kier alpha value is 1.32. The summed E-state index contributed by atoms with van der Waals surface area (Å²) < 4.78 is 11.1. The van der Waals surface area contributed by atoms with Crippen molar-refractivity contribution >= 4 is 0 Å². The molecule has 3 rings (SSSR count). The molecule has 1 radical (unpaired) electrons. The molecule has 0 spiro atoms. The number of ether oxygens (including phenoxy) is 2. The summed E-state index contributed by atoms with van der Waals surface area (Å²) in [4.78, 5) is 0. The molecule has 0 aromatic rings. The third kappa shape index (κ3) is 5.40. The van der Waals surface area contributed by atoms with Crippen molar-refractivity contribution in [2.24, 2.45) is 29.6 Å². The van der Waals surface area contributed by atoms with E-state index in [2.05, 4.69) is 13.8 Å². The zero-order valence-electron chi connectivity index (χ0n) is 15.0. The van der Waals surface area contributed by atoms with Crippen molar-refractivity contribution in [1.29, 1.82) is 0 Å². The van der Waals surface area contributed by atoms with Crippen LogP contribution in [0.3, 0.4) is 0 Å². The van der Waals surface area contributed by atoms with Gasteiger partial charge in [0.25, 0.3) is 0 Å². The van der Waals surface area contributed by atoms with Crippen LogP contribution in [-0.4, -0.2) is 30.7 Å². The van der Waals surface area contributed by atoms with Gasteiger partial charge in [0.1, 0.15) is 0 Å². The topological polar surface area (TPSA) is 38.7 Å². The largest absolute Gasteiger partial charge is 0.393 e. The molecular formula is C19H34AcO3. The Morgan fingerprint density at radius 3 is 2.39 bits per heavy atom. The van der Waals surface area contributed by atoms with E-state index in [0.717, 1.165) is 68.5 Å². The van der Waals surface area contributed by atoms with Gasteiger partial charge in [-0.15, -0.1) is 0 Å². The molecule has 3 fully saturated rings. The van der Waals surface area contributed by atoms with Crippen LogP contribution in [0.1, 0.15) is 65.2 Å². The Morgan fingerprint density at radius 1 is 1.00 bits per heavy atom. The average Bonchev–Trinajstić information content (AvgIpc) is 3.07. The number of hydrogen-bond donors (Lipinski definition) is 1. The van der Waals surface area contributed by atoms with E-state index in [1.807, 2.05) is 0 Å². The predicted octanol–water partition coefficient (Wildman–Crippen LogP) is 3.99. The van der Waals surface area contributed by atoms with Gasteiger partial charge < -0.3 is 14.6 Å². The van der Waals surface area contributed by atoms with Gasteiger partial charge >= 0.3 is 0 Å². The van der Waals surface area contributed by atoms with E-state index >= 15 is 0 Å². The van der Waals surface area contributed by atoms with Crippen LogP contribution in [-0.2, 0) is 9.47 Å². The SMILES string of the molecule is CC1C2CC(CCCC(O)CCC3OCCCO3)C(C2)C1C.[Ac]. The van der Waals surface area contributed by atoms with Crippen molar-refractivity contribution in [2.45, 2.75) is 77.6 Å². The van der Waals surface area contributed by atoms with E-state index in [-0.39, 0.29) is 56.5 Å². The van der Waals surface area contributed by atoms with E-state index < -0.39 is 0 Å². The number of aliphatic hydroxyl groups is 1. The second-order valence-electron chi connectivity index (χ2n) is 8.06. The Kier molecular flexibility index (Phi) is 8.85. The van der Waals surface area contributed by atoms with E-state index in [4.69, 9.17) is 9.47 Å². The molecule has 23 heavy (non-hydrogen) atoms. The summed E-state index contributed by atoms with van der Waals surface area (Å²) in [7, 11) is 0. The molecule has 3 aliphatic rings. The van der Waals surface area contributed by atoms with Gasteiger partial charge in [0.15, 0.2) is 6.29 Å². The maximum Gasteiger partial charge on any atom is 0.157 e. The van der Waals surface area contributed by atoms with Gasteiger partial charge in [-0.2, -0.15) is 0 Å². The fourth-order valence-electron chi connectivity index (χ4n) is 5.22. The van der Waals surface area contributed by atoms with Crippen LogP contribution in [0.4, 0.5) is 0 Å². The van der Waals surface area contributed by atoms with Gasteiger partial charge in [0.2, 0.25) is 0 Å². The molecule has 0 amide bonds. The van der Waals surface area contributed by atoms with Crippen molar-refractivity contribution in [3.8, 4) is 0 Å². The zero-order valence-corrected chi connectivity index (χ0v) is 19.7. The molecule has 0 aromatic carbocycles. The van der Waals surface area contributed by atoms with Crippen LogP contribution in [0.5, 0.6) is 0 Å². The smallest absolute Gasteiger partial charge is 0.157 e. The van der Waals surface area contributed by atoms with Crippen molar-refractivity contribution in [3.63, 3.8) is 0 Å². The van der Waals surface area contributed by atoms with E-state index in [1.165, 1.54) is 25.7 Å². The molecule has 6 atom stereocenters. The third-order valence-electron chi connectivity index (χ3n) is 6.78. The Morgan fingerprint density at radius 2 is 1.74 bits per heavy atom. The number of rotatable bonds is 7. The monoisotopic (exact) mass is 537 g/mol. The van der Waals surface area contributed by atoms with Gasteiger partial charge in [-0.05, 0) is 61.7 Å². The fourth-order valence-corrected chi connectivity index (χ4v) is 5.22. The van der Waals surface area contributed by atoms with Gasteiger partial charge in [-0.25, -0.2) is 0 Å². The Labute approximate surface area is 177 Å². The van der Waals surface area contributed by atoms with Gasteiger partial charge in [0.05, 0.1) is 19.3 Å². The molecule has 2 saturated carbocycles. The normalized spacial score (nSPS) is 38.5. The quantitative estimate of drug-likeness (QED) is 0.534. The first-order valence-electron chi connectivity index (χ1n) is 9.56. The molecule has 1 N–H and O–H groups in total. The van der Waals surface area contributed by atoms with E-state index in [9.17, 15) is 5.11 Å². The summed E-state index contributed by atoms with van der Waals surface area (Å²) in [5.41, 5.74) is 0. The Bertz CT molecular complexity index is 344. The molecule has 1 saturated heterocycles. The van der Waals surface area contributed by atoms with Crippen molar-refractivity contribution in [2.75, 3.05) is 13.2 Å². The number of hydrogen-bond acceptors (Lipinski definition) is 3. The molecule has 0 aromatic heterocycles. The molecule has 3 nitrogen and oxygen atoms in total. The van der Waals surface area contributed by atoms with Crippen molar-refractivity contribution in [3.05, 3.63) is 0 Å². The van der Waals surface area contributed by atoms with Crippen LogP contribution in [0.2, 0.25) is 0 Å². The van der Waals surface area contributed by atoms with Crippen molar-refractivity contribution < 1.29 is 58.6 Å². The zero-order chi connectivity index (χ0) is 15.5. The van der Waals surface area contributed by atoms with Crippen LogP contribution in [0.25, 0.3) is 0 Å². The van der Waals surface area contributed by atoms with Crippen LogP contribution in [0.15, 0.2) is 0 Å². The van der Waals surface area contributed by atoms with Crippen LogP contribution >= 0.6 is 0 Å². The fraction of sp³-hybridized carbons (Fsp3) is 1.00. The summed E-state index contributed by atoms with van der Waals surface area (Å²) in [6.45, 7) is 6.52. The molecule has 1 heterocycles. The van der Waals surface area contributed by atoms with Crippen molar-refractivity contribution in [1.82, 2.24) is 0 Å². The summed E-state index contributed by atoms with van der Waals surface area (Å²) in [6.07, 6.45) is 8.79. The molecule has 1 aliphatic heterocycles. The van der Waals surface area contributed by atoms with E-state index in [0.29, 0.717) is 0 Å². The maximum absolute atomic E-state index is 10.2. The molecule has 131 valence electrons. The molecule has 2 bridgehead atoms. The predicted molar refractivity (Wildman–Crippen MR) is 87.4 cm³/mol. The third-order valence-corrected chi connectivity index (χ3v) is 6.78. The second-order valence-corrected chi connectivity index (χ2v) is 8.06. The maximum atomic E-state index is 10.2. The Balaban J connectivity index is 0.00000192. The van der Waals surface area contributed by atoms with Gasteiger partial charge in [-0.3, -0.25) is 0 Å². The summed E-state index contributed by atoms with van der Waals surface area (Å²) in [5, 5.41) is 10.2. The molecule has 2 aliphatic carbocycles. The van der Waals surface area contributed by atoms with E-state index in [1.54, 1.807) is 0 Å². The molecular weight excluding hydrogens is 503 g/mol. The first-order valence-corrected chi connectivity index (χ1v) is 9.56. The second kappa shape index (κ2) is 9.86. The molecule has 4 heteroatoms. The average molecular weight is 537 g/mol. The number of aliphatic hydroxyl groups excluding tert-OH is 1. The number of fused-ring (bicyclic) bond motifs is 2. The minimum Gasteiger partial charge on any atom is -0.393 e. The standard InChI is InChI=1S/C19H34O3.Ac/c1-13-14(2)18-12-16(13)11-15(18)5-3-6-17(20)7-8-19-21-9-4-10-22-19;/h13-20H,3-12H2,1-2H3;. The van der Waals surface area contributed by atoms with Gasteiger partial charge in [0, 0.05) is 50.5 Å². The van der Waals surface area contributed by atoms with Gasteiger partial charge in [-0.1, -0.05) is 26.7 Å². The summed E-state index contributed by atoms with van der Waals surface area (Å²) in [6, 6.07) is 0. The minimum absolute atomic E-state index is 0. The minimum atomic E-state index is -0.177. The van der Waals surface area contributed by atoms with Crippen LogP contribution < -0.4 is 0 Å².